The molecule has 1 aromatic carbocycles. The highest BCUT2D eigenvalue weighted by molar-refractivity contribution is 6.33. The second-order valence-corrected chi connectivity index (χ2v) is 4.25. The van der Waals surface area contributed by atoms with Gasteiger partial charge in [-0.25, -0.2) is 4.39 Å². The molecule has 1 rings (SSSR count). The van der Waals surface area contributed by atoms with E-state index < -0.39 is 0 Å². The Kier molecular flexibility index (Phi) is 5.56. The van der Waals surface area contributed by atoms with Crippen LogP contribution in [0.2, 0.25) is 5.02 Å². The molecule has 1 atom stereocenters. The zero-order valence-electron chi connectivity index (χ0n) is 9.47. The van der Waals surface area contributed by atoms with Gasteiger partial charge >= 0.3 is 0 Å². The van der Waals surface area contributed by atoms with Crippen LogP contribution in [0.5, 0.6) is 0 Å². The molecule has 90 valence electrons. The lowest BCUT2D eigenvalue weighted by atomic mass is 10.1. The molecule has 0 aliphatic carbocycles. The van der Waals surface area contributed by atoms with Crippen LogP contribution in [0, 0.1) is 5.82 Å². The van der Waals surface area contributed by atoms with Crippen molar-refractivity contribution in [1.82, 2.24) is 0 Å². The molecule has 0 saturated carbocycles. The molecule has 4 heteroatoms. The van der Waals surface area contributed by atoms with Crippen molar-refractivity contribution in [2.75, 3.05) is 11.9 Å². The molecular formula is C12H18ClFN2. The monoisotopic (exact) mass is 244 g/mol. The van der Waals surface area contributed by atoms with Crippen LogP contribution in [-0.2, 0) is 0 Å². The van der Waals surface area contributed by atoms with E-state index in [-0.39, 0.29) is 11.9 Å². The Morgan fingerprint density at radius 1 is 1.50 bits per heavy atom. The number of anilines is 1. The molecule has 3 N–H and O–H groups in total. The minimum Gasteiger partial charge on any atom is -0.380 e. The van der Waals surface area contributed by atoms with Gasteiger partial charge in [0, 0.05) is 12.6 Å². The van der Waals surface area contributed by atoms with Crippen molar-refractivity contribution in [1.29, 1.82) is 0 Å². The van der Waals surface area contributed by atoms with Gasteiger partial charge in [-0.15, -0.1) is 0 Å². The van der Waals surface area contributed by atoms with Crippen LogP contribution in [0.4, 0.5) is 10.1 Å². The summed E-state index contributed by atoms with van der Waals surface area (Å²) in [5.41, 5.74) is 6.27. The van der Waals surface area contributed by atoms with Crippen LogP contribution in [0.15, 0.2) is 18.2 Å². The fourth-order valence-electron chi connectivity index (χ4n) is 1.53. The van der Waals surface area contributed by atoms with Crippen LogP contribution in [-0.4, -0.2) is 12.6 Å². The summed E-state index contributed by atoms with van der Waals surface area (Å²) in [4.78, 5) is 0. The molecule has 0 fully saturated rings. The van der Waals surface area contributed by atoms with Crippen molar-refractivity contribution in [2.45, 2.75) is 32.2 Å². The summed E-state index contributed by atoms with van der Waals surface area (Å²) in [6.07, 6.45) is 3.19. The van der Waals surface area contributed by atoms with Gasteiger partial charge in [-0.2, -0.15) is 0 Å². The summed E-state index contributed by atoms with van der Waals surface area (Å²) in [7, 11) is 0. The second kappa shape index (κ2) is 6.71. The number of hydrogen-bond acceptors (Lipinski definition) is 2. The van der Waals surface area contributed by atoms with Crippen LogP contribution in [0.1, 0.15) is 26.2 Å². The van der Waals surface area contributed by atoms with Gasteiger partial charge in [-0.05, 0) is 24.6 Å². The van der Waals surface area contributed by atoms with Gasteiger partial charge < -0.3 is 11.1 Å². The van der Waals surface area contributed by atoms with Crippen molar-refractivity contribution in [3.8, 4) is 0 Å². The third kappa shape index (κ3) is 3.99. The molecule has 0 radical (unpaired) electrons. The lowest BCUT2D eigenvalue weighted by molar-refractivity contribution is 0.610. The molecule has 0 spiro atoms. The molecule has 0 aliphatic heterocycles. The Balaban J connectivity index is 2.65. The van der Waals surface area contributed by atoms with Gasteiger partial charge in [-0.1, -0.05) is 31.4 Å². The van der Waals surface area contributed by atoms with E-state index in [0.29, 0.717) is 17.3 Å². The normalized spacial score (nSPS) is 12.5. The molecule has 0 amide bonds. The Morgan fingerprint density at radius 3 is 2.88 bits per heavy atom. The third-order valence-electron chi connectivity index (χ3n) is 2.48. The quantitative estimate of drug-likeness (QED) is 0.805. The largest absolute Gasteiger partial charge is 0.380 e. The summed E-state index contributed by atoms with van der Waals surface area (Å²) in [5.74, 6) is -0.293. The van der Waals surface area contributed by atoms with Gasteiger partial charge in [0.1, 0.15) is 5.82 Å². The number of unbranched alkanes of at least 4 members (excludes halogenated alkanes) is 1. The lowest BCUT2D eigenvalue weighted by Gasteiger charge is -2.18. The average molecular weight is 245 g/mol. The van der Waals surface area contributed by atoms with Gasteiger partial charge in [0.15, 0.2) is 0 Å². The Morgan fingerprint density at radius 2 is 2.25 bits per heavy atom. The van der Waals surface area contributed by atoms with Gasteiger partial charge in [0.05, 0.1) is 10.7 Å². The first-order valence-corrected chi connectivity index (χ1v) is 5.96. The lowest BCUT2D eigenvalue weighted by Crippen LogP contribution is -2.28. The summed E-state index contributed by atoms with van der Waals surface area (Å²) in [6, 6.07) is 4.44. The molecular weight excluding hydrogens is 227 g/mol. The standard InChI is InChI=1S/C12H18ClFN2/c1-2-3-4-10(8-15)16-12-7-9(14)5-6-11(12)13/h5-7,10,16H,2-4,8,15H2,1H3. The van der Waals surface area contributed by atoms with E-state index in [1.807, 2.05) is 0 Å². The number of nitrogens with two attached hydrogens (primary N) is 1. The summed E-state index contributed by atoms with van der Waals surface area (Å²) < 4.78 is 13.0. The smallest absolute Gasteiger partial charge is 0.125 e. The van der Waals surface area contributed by atoms with Crippen LogP contribution in [0.25, 0.3) is 0 Å². The molecule has 1 unspecified atom stereocenters. The zero-order chi connectivity index (χ0) is 12.0. The molecule has 2 nitrogen and oxygen atoms in total. The van der Waals surface area contributed by atoms with E-state index in [2.05, 4.69) is 12.2 Å². The Labute approximate surface area is 101 Å². The zero-order valence-corrected chi connectivity index (χ0v) is 10.2. The van der Waals surface area contributed by atoms with Gasteiger partial charge in [0.25, 0.3) is 0 Å². The highest BCUT2D eigenvalue weighted by atomic mass is 35.5. The highest BCUT2D eigenvalue weighted by Crippen LogP contribution is 2.23. The SMILES string of the molecule is CCCCC(CN)Nc1cc(F)ccc1Cl. The van der Waals surface area contributed by atoms with Crippen LogP contribution >= 0.6 is 11.6 Å². The third-order valence-corrected chi connectivity index (χ3v) is 2.81. The Bertz CT molecular complexity index is 331. The van der Waals surface area contributed by atoms with Crippen molar-refractivity contribution >= 4 is 17.3 Å². The summed E-state index contributed by atoms with van der Waals surface area (Å²) >= 11 is 5.96. The van der Waals surface area contributed by atoms with Crippen molar-refractivity contribution in [3.63, 3.8) is 0 Å². The second-order valence-electron chi connectivity index (χ2n) is 3.84. The maximum atomic E-state index is 13.0. The van der Waals surface area contributed by atoms with Crippen molar-refractivity contribution in [3.05, 3.63) is 29.0 Å². The fraction of sp³-hybridized carbons (Fsp3) is 0.500. The molecule has 1 aromatic rings. The predicted octanol–water partition coefficient (Wildman–Crippen LogP) is 3.41. The number of rotatable bonds is 6. The molecule has 16 heavy (non-hydrogen) atoms. The molecule has 0 aromatic heterocycles. The number of hydrogen-bond donors (Lipinski definition) is 2. The topological polar surface area (TPSA) is 38.0 Å². The average Bonchev–Trinajstić information content (AvgIpc) is 2.28. The number of nitrogens with one attached hydrogen (secondary N) is 1. The van der Waals surface area contributed by atoms with Crippen LogP contribution < -0.4 is 11.1 Å². The molecule has 0 saturated heterocycles. The minimum atomic E-state index is -0.293. The summed E-state index contributed by atoms with van der Waals surface area (Å²) in [5, 5.41) is 3.70. The fourth-order valence-corrected chi connectivity index (χ4v) is 1.70. The first-order valence-electron chi connectivity index (χ1n) is 5.59. The van der Waals surface area contributed by atoms with E-state index in [1.54, 1.807) is 6.07 Å². The van der Waals surface area contributed by atoms with E-state index in [1.165, 1.54) is 12.1 Å². The molecule has 0 aliphatic rings. The van der Waals surface area contributed by atoms with Crippen molar-refractivity contribution in [2.24, 2.45) is 5.73 Å². The molecule has 0 bridgehead atoms. The Hall–Kier alpha value is -0.800. The van der Waals surface area contributed by atoms with Gasteiger partial charge in [-0.3, -0.25) is 0 Å². The van der Waals surface area contributed by atoms with E-state index in [0.717, 1.165) is 19.3 Å². The van der Waals surface area contributed by atoms with Crippen LogP contribution in [0.3, 0.4) is 0 Å². The first kappa shape index (κ1) is 13.3. The predicted molar refractivity (Wildman–Crippen MR) is 67.4 cm³/mol. The number of halogens is 2. The maximum absolute atomic E-state index is 13.0. The van der Waals surface area contributed by atoms with E-state index >= 15 is 0 Å². The molecule has 0 heterocycles. The minimum absolute atomic E-state index is 0.152. The summed E-state index contributed by atoms with van der Waals surface area (Å²) in [6.45, 7) is 2.65. The van der Waals surface area contributed by atoms with Gasteiger partial charge in [0.2, 0.25) is 0 Å². The highest BCUT2D eigenvalue weighted by Gasteiger charge is 2.08. The van der Waals surface area contributed by atoms with E-state index in [9.17, 15) is 4.39 Å². The first-order chi connectivity index (χ1) is 7.67. The number of benzene rings is 1. The van der Waals surface area contributed by atoms with Crippen molar-refractivity contribution < 1.29 is 4.39 Å². The maximum Gasteiger partial charge on any atom is 0.125 e. The van der Waals surface area contributed by atoms with E-state index in [4.69, 9.17) is 17.3 Å².